The van der Waals surface area contributed by atoms with Crippen molar-refractivity contribution < 1.29 is 0 Å². The van der Waals surface area contributed by atoms with Gasteiger partial charge in [0.1, 0.15) is 6.33 Å². The summed E-state index contributed by atoms with van der Waals surface area (Å²) in [5.41, 5.74) is 4.39. The minimum atomic E-state index is 0.751. The van der Waals surface area contributed by atoms with E-state index in [-0.39, 0.29) is 0 Å². The van der Waals surface area contributed by atoms with Crippen LogP contribution >= 0.6 is 15.9 Å². The van der Waals surface area contributed by atoms with Gasteiger partial charge in [0.25, 0.3) is 0 Å². The van der Waals surface area contributed by atoms with Gasteiger partial charge in [0.05, 0.1) is 5.69 Å². The average Bonchev–Trinajstić information content (AvgIpc) is 3.02. The van der Waals surface area contributed by atoms with Crippen LogP contribution in [0.4, 0.5) is 5.69 Å². The third-order valence-corrected chi connectivity index (χ3v) is 4.04. The molecule has 0 aliphatic heterocycles. The number of nitrogens with zero attached hydrogens (tertiary/aromatic N) is 4. The standard InChI is InChI=1S/C15H14BrN5/c1-11-6-7-13(21-10-18-19-20-21)8-15(11)17-9-12-4-2-3-5-14(12)16/h2-8,10,17H,9H2,1H3. The molecule has 5 nitrogen and oxygen atoms in total. The van der Waals surface area contributed by atoms with Crippen LogP contribution in [0.3, 0.4) is 0 Å². The van der Waals surface area contributed by atoms with Crippen molar-refractivity contribution in [2.24, 2.45) is 0 Å². The van der Waals surface area contributed by atoms with Crippen LogP contribution in [0.5, 0.6) is 0 Å². The molecule has 1 heterocycles. The van der Waals surface area contributed by atoms with Gasteiger partial charge < -0.3 is 5.32 Å². The molecule has 0 aliphatic rings. The highest BCUT2D eigenvalue weighted by Crippen LogP contribution is 2.22. The zero-order valence-corrected chi connectivity index (χ0v) is 13.1. The van der Waals surface area contributed by atoms with Crippen molar-refractivity contribution in [2.75, 3.05) is 5.32 Å². The fourth-order valence-electron chi connectivity index (χ4n) is 2.05. The van der Waals surface area contributed by atoms with Crippen LogP contribution in [-0.2, 0) is 6.54 Å². The summed E-state index contributed by atoms with van der Waals surface area (Å²) in [7, 11) is 0. The molecule has 0 aliphatic carbocycles. The summed E-state index contributed by atoms with van der Waals surface area (Å²) in [5, 5.41) is 14.7. The summed E-state index contributed by atoms with van der Waals surface area (Å²) >= 11 is 3.56. The van der Waals surface area contributed by atoms with Crippen LogP contribution in [0, 0.1) is 6.92 Å². The number of benzene rings is 2. The summed E-state index contributed by atoms with van der Waals surface area (Å²) in [4.78, 5) is 0. The molecule has 0 radical (unpaired) electrons. The smallest absolute Gasteiger partial charge is 0.143 e. The largest absolute Gasteiger partial charge is 0.381 e. The van der Waals surface area contributed by atoms with Crippen LogP contribution in [0.2, 0.25) is 0 Å². The fourth-order valence-corrected chi connectivity index (χ4v) is 2.48. The zero-order chi connectivity index (χ0) is 14.7. The van der Waals surface area contributed by atoms with E-state index >= 15 is 0 Å². The molecule has 0 unspecified atom stereocenters. The number of aromatic nitrogens is 4. The second-order valence-electron chi connectivity index (χ2n) is 4.70. The van der Waals surface area contributed by atoms with E-state index in [0.717, 1.165) is 22.4 Å². The first-order valence-electron chi connectivity index (χ1n) is 6.55. The molecule has 21 heavy (non-hydrogen) atoms. The van der Waals surface area contributed by atoms with Gasteiger partial charge in [-0.1, -0.05) is 40.2 Å². The number of nitrogens with one attached hydrogen (secondary N) is 1. The molecule has 1 N–H and O–H groups in total. The minimum absolute atomic E-state index is 0.751. The number of anilines is 1. The van der Waals surface area contributed by atoms with Crippen molar-refractivity contribution in [3.8, 4) is 5.69 Å². The maximum atomic E-state index is 3.91. The van der Waals surface area contributed by atoms with Crippen LogP contribution < -0.4 is 5.32 Å². The Morgan fingerprint density at radius 1 is 1.19 bits per heavy atom. The third kappa shape index (κ3) is 3.11. The monoisotopic (exact) mass is 343 g/mol. The van der Waals surface area contributed by atoms with E-state index in [4.69, 9.17) is 0 Å². The molecule has 0 bridgehead atoms. The number of hydrogen-bond donors (Lipinski definition) is 1. The van der Waals surface area contributed by atoms with Crippen molar-refractivity contribution in [3.05, 3.63) is 64.4 Å². The molecule has 0 spiro atoms. The number of halogens is 1. The normalized spacial score (nSPS) is 10.6. The summed E-state index contributed by atoms with van der Waals surface area (Å²) < 4.78 is 2.75. The quantitative estimate of drug-likeness (QED) is 0.789. The van der Waals surface area contributed by atoms with Crippen LogP contribution in [0.1, 0.15) is 11.1 Å². The average molecular weight is 344 g/mol. The number of hydrogen-bond acceptors (Lipinski definition) is 4. The maximum Gasteiger partial charge on any atom is 0.143 e. The predicted molar refractivity (Wildman–Crippen MR) is 85.4 cm³/mol. The number of tetrazole rings is 1. The Morgan fingerprint density at radius 2 is 2.05 bits per heavy atom. The Hall–Kier alpha value is -2.21. The summed E-state index contributed by atoms with van der Waals surface area (Å²) in [6.07, 6.45) is 1.59. The number of rotatable bonds is 4. The molecule has 0 atom stereocenters. The van der Waals surface area contributed by atoms with Gasteiger partial charge in [-0.25, -0.2) is 4.68 Å². The van der Waals surface area contributed by atoms with Crippen molar-refractivity contribution >= 4 is 21.6 Å². The van der Waals surface area contributed by atoms with E-state index < -0.39 is 0 Å². The molecule has 3 rings (SSSR count). The van der Waals surface area contributed by atoms with Gasteiger partial charge >= 0.3 is 0 Å². The SMILES string of the molecule is Cc1ccc(-n2cnnn2)cc1NCc1ccccc1Br. The van der Waals surface area contributed by atoms with E-state index in [2.05, 4.69) is 55.8 Å². The van der Waals surface area contributed by atoms with Gasteiger partial charge in [0, 0.05) is 16.7 Å². The van der Waals surface area contributed by atoms with Gasteiger partial charge in [-0.05, 0) is 46.7 Å². The van der Waals surface area contributed by atoms with Crippen molar-refractivity contribution in [1.29, 1.82) is 0 Å². The van der Waals surface area contributed by atoms with Crippen LogP contribution in [-0.4, -0.2) is 20.2 Å². The second kappa shape index (κ2) is 6.05. The lowest BCUT2D eigenvalue weighted by Crippen LogP contribution is -2.03. The molecule has 3 aromatic rings. The molecule has 1 aromatic heterocycles. The maximum absolute atomic E-state index is 3.91. The minimum Gasteiger partial charge on any atom is -0.381 e. The van der Waals surface area contributed by atoms with Gasteiger partial charge in [0.15, 0.2) is 0 Å². The first-order chi connectivity index (χ1) is 10.2. The van der Waals surface area contributed by atoms with E-state index in [1.54, 1.807) is 11.0 Å². The topological polar surface area (TPSA) is 55.6 Å². The lowest BCUT2D eigenvalue weighted by molar-refractivity contribution is 0.789. The van der Waals surface area contributed by atoms with E-state index in [1.165, 1.54) is 11.1 Å². The highest BCUT2D eigenvalue weighted by atomic mass is 79.9. The van der Waals surface area contributed by atoms with E-state index in [9.17, 15) is 0 Å². The molecule has 0 saturated heterocycles. The zero-order valence-electron chi connectivity index (χ0n) is 11.5. The highest BCUT2D eigenvalue weighted by molar-refractivity contribution is 9.10. The molecule has 2 aromatic carbocycles. The lowest BCUT2D eigenvalue weighted by atomic mass is 10.1. The molecule has 0 saturated carbocycles. The van der Waals surface area contributed by atoms with Crippen molar-refractivity contribution in [2.45, 2.75) is 13.5 Å². The Labute approximate surface area is 131 Å². The summed E-state index contributed by atoms with van der Waals surface area (Å²) in [6.45, 7) is 2.83. The Bertz CT molecular complexity index is 740. The Morgan fingerprint density at radius 3 is 2.81 bits per heavy atom. The Kier molecular flexibility index (Phi) is 3.96. The van der Waals surface area contributed by atoms with Crippen molar-refractivity contribution in [1.82, 2.24) is 20.2 Å². The third-order valence-electron chi connectivity index (χ3n) is 3.26. The molecule has 0 amide bonds. The highest BCUT2D eigenvalue weighted by Gasteiger charge is 2.04. The van der Waals surface area contributed by atoms with E-state index in [1.807, 2.05) is 30.3 Å². The van der Waals surface area contributed by atoms with Gasteiger partial charge in [0.2, 0.25) is 0 Å². The predicted octanol–water partition coefficient (Wildman–Crippen LogP) is 3.35. The molecule has 0 fully saturated rings. The fraction of sp³-hybridized carbons (Fsp3) is 0.133. The van der Waals surface area contributed by atoms with E-state index in [0.29, 0.717) is 0 Å². The second-order valence-corrected chi connectivity index (χ2v) is 5.55. The Balaban J connectivity index is 1.82. The lowest BCUT2D eigenvalue weighted by Gasteiger charge is -2.12. The van der Waals surface area contributed by atoms with Gasteiger partial charge in [-0.2, -0.15) is 0 Å². The van der Waals surface area contributed by atoms with Gasteiger partial charge in [-0.3, -0.25) is 0 Å². The van der Waals surface area contributed by atoms with Crippen molar-refractivity contribution in [3.63, 3.8) is 0 Å². The number of aryl methyl sites for hydroxylation is 1. The van der Waals surface area contributed by atoms with Crippen LogP contribution in [0.15, 0.2) is 53.3 Å². The summed E-state index contributed by atoms with van der Waals surface area (Å²) in [5.74, 6) is 0. The molecule has 106 valence electrons. The first kappa shape index (κ1) is 13.8. The molecular weight excluding hydrogens is 330 g/mol. The molecular formula is C15H14BrN5. The molecule has 6 heteroatoms. The first-order valence-corrected chi connectivity index (χ1v) is 7.34. The summed E-state index contributed by atoms with van der Waals surface area (Å²) in [6, 6.07) is 14.3. The van der Waals surface area contributed by atoms with Gasteiger partial charge in [-0.15, -0.1) is 5.10 Å². The van der Waals surface area contributed by atoms with Crippen LogP contribution in [0.25, 0.3) is 5.69 Å².